The van der Waals surface area contributed by atoms with Crippen LogP contribution in [-0.2, 0) is 11.3 Å². The number of nitrogens with two attached hydrogens (primary N) is 1. The number of ether oxygens (including phenoxy) is 1. The quantitative estimate of drug-likeness (QED) is 0.235. The molecule has 0 radical (unpaired) electrons. The topological polar surface area (TPSA) is 120 Å². The van der Waals surface area contributed by atoms with Crippen LogP contribution in [0.1, 0.15) is 89.0 Å². The number of carboxylic acid groups (broad SMARTS) is 1. The second-order valence-electron chi connectivity index (χ2n) is 12.3. The lowest BCUT2D eigenvalue weighted by Gasteiger charge is -2.42. The smallest absolute Gasteiger partial charge is 0.404 e. The molecule has 1 aliphatic heterocycles. The highest BCUT2D eigenvalue weighted by atomic mass is 16.5. The van der Waals surface area contributed by atoms with E-state index in [1.807, 2.05) is 42.5 Å². The minimum atomic E-state index is -1.02. The van der Waals surface area contributed by atoms with Gasteiger partial charge in [0.05, 0.1) is 5.69 Å². The Morgan fingerprint density at radius 2 is 1.72 bits per heavy atom. The SMILES string of the molecule is NC1=Nc2ccc(Oc3ccccc3)cc2CN1[C@@H](CCC(=O)N(CCCNC(=O)O)C1CCCCC1)C1CCCCC1. The molecule has 43 heavy (non-hydrogen) atoms. The molecule has 5 rings (SSSR count). The molecule has 0 spiro atoms. The second kappa shape index (κ2) is 15.1. The molecule has 9 heteroatoms. The number of amides is 2. The Morgan fingerprint density at radius 3 is 2.44 bits per heavy atom. The Hall–Kier alpha value is -3.75. The van der Waals surface area contributed by atoms with Gasteiger partial charge in [0.25, 0.3) is 0 Å². The van der Waals surface area contributed by atoms with E-state index < -0.39 is 6.09 Å². The maximum atomic E-state index is 13.8. The van der Waals surface area contributed by atoms with Crippen LogP contribution in [0.15, 0.2) is 53.5 Å². The highest BCUT2D eigenvalue weighted by molar-refractivity contribution is 5.84. The molecule has 0 unspecified atom stereocenters. The molecule has 232 valence electrons. The van der Waals surface area contributed by atoms with E-state index in [-0.39, 0.29) is 18.0 Å². The minimum absolute atomic E-state index is 0.127. The lowest BCUT2D eigenvalue weighted by atomic mass is 9.81. The Labute approximate surface area is 255 Å². The van der Waals surface area contributed by atoms with E-state index in [9.17, 15) is 9.59 Å². The molecular formula is C34H47N5O4. The van der Waals surface area contributed by atoms with Gasteiger partial charge >= 0.3 is 6.09 Å². The van der Waals surface area contributed by atoms with E-state index in [1.54, 1.807) is 0 Å². The van der Waals surface area contributed by atoms with Crippen LogP contribution in [0.4, 0.5) is 10.5 Å². The standard InChI is InChI=1S/C34H47N5O4/c35-33-37-30-18-17-29(43-28-15-8-3-9-16-28)23-26(30)24-39(33)31(25-11-4-1-5-12-25)19-20-32(40)38(22-10-21-36-34(41)42)27-13-6-2-7-14-27/h3,8-9,15-18,23,25,27,31,36H,1-2,4-7,10-14,19-22,24H2,(H2,35,37)(H,41,42)/t31-/m0/s1. The van der Waals surface area contributed by atoms with Gasteiger partial charge in [0.2, 0.25) is 5.91 Å². The normalized spacial score (nSPS) is 18.3. The van der Waals surface area contributed by atoms with Crippen LogP contribution >= 0.6 is 0 Å². The van der Waals surface area contributed by atoms with Crippen LogP contribution in [0, 0.1) is 5.92 Å². The van der Waals surface area contributed by atoms with Crippen LogP contribution in [0.5, 0.6) is 11.5 Å². The molecule has 2 aromatic rings. The van der Waals surface area contributed by atoms with Gasteiger partial charge in [-0.15, -0.1) is 0 Å². The van der Waals surface area contributed by atoms with Crippen molar-refractivity contribution < 1.29 is 19.4 Å². The summed E-state index contributed by atoms with van der Waals surface area (Å²) in [6.45, 7) is 1.58. The predicted octanol–water partition coefficient (Wildman–Crippen LogP) is 6.79. The number of fused-ring (bicyclic) bond motifs is 1. The van der Waals surface area contributed by atoms with Gasteiger partial charge in [-0.1, -0.05) is 56.7 Å². The summed E-state index contributed by atoms with van der Waals surface area (Å²) in [5.74, 6) is 2.72. The van der Waals surface area contributed by atoms with Crippen molar-refractivity contribution in [1.29, 1.82) is 0 Å². The molecule has 1 atom stereocenters. The van der Waals surface area contributed by atoms with Crippen molar-refractivity contribution in [3.8, 4) is 11.5 Å². The number of benzene rings is 2. The minimum Gasteiger partial charge on any atom is -0.465 e. The Balaban J connectivity index is 1.30. The summed E-state index contributed by atoms with van der Waals surface area (Å²) in [5, 5.41) is 11.4. The van der Waals surface area contributed by atoms with Gasteiger partial charge in [-0.25, -0.2) is 9.79 Å². The average Bonchev–Trinajstić information content (AvgIpc) is 3.02. The van der Waals surface area contributed by atoms with Crippen molar-refractivity contribution in [3.05, 3.63) is 54.1 Å². The predicted molar refractivity (Wildman–Crippen MR) is 169 cm³/mol. The number of rotatable bonds is 12. The van der Waals surface area contributed by atoms with E-state index in [2.05, 4.69) is 21.2 Å². The largest absolute Gasteiger partial charge is 0.465 e. The number of hydrogen-bond acceptors (Lipinski definition) is 6. The molecular weight excluding hydrogens is 542 g/mol. The summed E-state index contributed by atoms with van der Waals surface area (Å²) >= 11 is 0. The number of guanidine groups is 1. The van der Waals surface area contributed by atoms with Crippen molar-refractivity contribution >= 4 is 23.6 Å². The van der Waals surface area contributed by atoms with Crippen molar-refractivity contribution in [1.82, 2.24) is 15.1 Å². The third-order valence-corrected chi connectivity index (χ3v) is 9.34. The van der Waals surface area contributed by atoms with Crippen LogP contribution in [-0.4, -0.2) is 58.0 Å². The van der Waals surface area contributed by atoms with Crippen molar-refractivity contribution in [2.45, 2.75) is 102 Å². The number of carbonyl (C=O) groups excluding carboxylic acids is 1. The number of aliphatic imine (C=N–C) groups is 1. The summed E-state index contributed by atoms with van der Waals surface area (Å²) in [5.41, 5.74) is 8.59. The van der Waals surface area contributed by atoms with Gasteiger partial charge in [0.15, 0.2) is 5.96 Å². The monoisotopic (exact) mass is 589 g/mol. The lowest BCUT2D eigenvalue weighted by Crippen LogP contribution is -2.50. The van der Waals surface area contributed by atoms with Crippen molar-refractivity contribution in [2.24, 2.45) is 16.6 Å². The van der Waals surface area contributed by atoms with E-state index >= 15 is 0 Å². The zero-order valence-electron chi connectivity index (χ0n) is 25.3. The summed E-state index contributed by atoms with van der Waals surface area (Å²) < 4.78 is 6.11. The Kier molecular flexibility index (Phi) is 10.8. The number of carbonyl (C=O) groups is 2. The summed E-state index contributed by atoms with van der Waals surface area (Å²) in [4.78, 5) is 33.9. The molecule has 2 aliphatic carbocycles. The number of para-hydroxylation sites is 1. The maximum absolute atomic E-state index is 13.8. The lowest BCUT2D eigenvalue weighted by molar-refractivity contribution is -0.134. The molecule has 0 aromatic heterocycles. The van der Waals surface area contributed by atoms with Crippen molar-refractivity contribution in [3.63, 3.8) is 0 Å². The molecule has 2 saturated carbocycles. The van der Waals surface area contributed by atoms with Crippen molar-refractivity contribution in [2.75, 3.05) is 13.1 Å². The average molecular weight is 590 g/mol. The van der Waals surface area contributed by atoms with Crippen LogP contribution in [0.3, 0.4) is 0 Å². The summed E-state index contributed by atoms with van der Waals surface area (Å²) in [6, 6.07) is 16.1. The molecule has 2 amide bonds. The van der Waals surface area contributed by atoms with E-state index in [4.69, 9.17) is 20.6 Å². The number of nitrogens with zero attached hydrogens (tertiary/aromatic N) is 3. The summed E-state index contributed by atoms with van der Waals surface area (Å²) in [6.07, 6.45) is 12.3. The van der Waals surface area contributed by atoms with E-state index in [0.717, 1.165) is 67.7 Å². The third-order valence-electron chi connectivity index (χ3n) is 9.34. The van der Waals surface area contributed by atoms with E-state index in [0.29, 0.717) is 44.4 Å². The number of hydrogen-bond donors (Lipinski definition) is 3. The molecule has 1 heterocycles. The fourth-order valence-electron chi connectivity index (χ4n) is 7.15. The number of nitrogens with one attached hydrogen (secondary N) is 1. The van der Waals surface area contributed by atoms with Gasteiger partial charge in [-0.05, 0) is 74.8 Å². The molecule has 0 saturated heterocycles. The van der Waals surface area contributed by atoms with E-state index in [1.165, 1.54) is 25.7 Å². The van der Waals surface area contributed by atoms with Gasteiger partial charge in [0, 0.05) is 43.7 Å². The fourth-order valence-corrected chi connectivity index (χ4v) is 7.15. The third kappa shape index (κ3) is 8.42. The molecule has 2 fully saturated rings. The molecule has 3 aliphatic rings. The Morgan fingerprint density at radius 1 is 1.00 bits per heavy atom. The van der Waals surface area contributed by atoms with Gasteiger partial charge < -0.3 is 30.7 Å². The Bertz CT molecular complexity index is 1240. The molecule has 2 aromatic carbocycles. The van der Waals surface area contributed by atoms with Crippen LogP contribution < -0.4 is 15.8 Å². The highest BCUT2D eigenvalue weighted by Crippen LogP contribution is 2.37. The fraction of sp³-hybridized carbons (Fsp3) is 0.559. The molecule has 9 nitrogen and oxygen atoms in total. The first-order valence-electron chi connectivity index (χ1n) is 16.2. The van der Waals surface area contributed by atoms with Crippen LogP contribution in [0.25, 0.3) is 0 Å². The summed E-state index contributed by atoms with van der Waals surface area (Å²) in [7, 11) is 0. The first-order valence-corrected chi connectivity index (χ1v) is 16.2. The van der Waals surface area contributed by atoms with Gasteiger partial charge in [0.1, 0.15) is 11.5 Å². The zero-order chi connectivity index (χ0) is 30.0. The maximum Gasteiger partial charge on any atom is 0.404 e. The molecule has 4 N–H and O–H groups in total. The first kappa shape index (κ1) is 30.7. The molecule has 0 bridgehead atoms. The first-order chi connectivity index (χ1) is 21.0. The highest BCUT2D eigenvalue weighted by Gasteiger charge is 2.34. The van der Waals surface area contributed by atoms with Gasteiger partial charge in [-0.2, -0.15) is 0 Å². The second-order valence-corrected chi connectivity index (χ2v) is 12.3. The zero-order valence-corrected chi connectivity index (χ0v) is 25.3. The van der Waals surface area contributed by atoms with Crippen LogP contribution in [0.2, 0.25) is 0 Å². The van der Waals surface area contributed by atoms with Gasteiger partial charge in [-0.3, -0.25) is 4.79 Å².